The first-order valence-electron chi connectivity index (χ1n) is 6.86. The van der Waals surface area contributed by atoms with Crippen LogP contribution in [0.25, 0.3) is 0 Å². The van der Waals surface area contributed by atoms with E-state index in [-0.39, 0.29) is 11.7 Å². The fraction of sp³-hybridized carbons (Fsp3) is 0.235. The number of anilines is 1. The lowest BCUT2D eigenvalue weighted by molar-refractivity contribution is -0.122. The van der Waals surface area contributed by atoms with Crippen LogP contribution in [-0.2, 0) is 4.79 Å². The number of amides is 1. The molecule has 0 aliphatic rings. The van der Waals surface area contributed by atoms with E-state index >= 15 is 0 Å². The molecular formula is C17H17BrFNO2. The Balaban J connectivity index is 2.07. The third-order valence-corrected chi connectivity index (χ3v) is 3.84. The second-order valence-electron chi connectivity index (χ2n) is 5.14. The predicted octanol–water partition coefficient (Wildman–Crippen LogP) is 4.61. The molecule has 0 saturated carbocycles. The van der Waals surface area contributed by atoms with Gasteiger partial charge in [0.05, 0.1) is 4.47 Å². The molecule has 2 rings (SSSR count). The highest BCUT2D eigenvalue weighted by molar-refractivity contribution is 9.10. The number of hydrogen-bond acceptors (Lipinski definition) is 2. The summed E-state index contributed by atoms with van der Waals surface area (Å²) >= 11 is 3.22. The monoisotopic (exact) mass is 365 g/mol. The Hall–Kier alpha value is -1.88. The molecule has 1 N–H and O–H groups in total. The summed E-state index contributed by atoms with van der Waals surface area (Å²) in [5.74, 6) is -0.207. The lowest BCUT2D eigenvalue weighted by Gasteiger charge is -2.17. The summed E-state index contributed by atoms with van der Waals surface area (Å²) in [6.45, 7) is 5.54. The van der Waals surface area contributed by atoms with Crippen LogP contribution >= 0.6 is 15.9 Å². The number of hydrogen-bond donors (Lipinski definition) is 1. The summed E-state index contributed by atoms with van der Waals surface area (Å²) in [7, 11) is 0. The molecule has 116 valence electrons. The Morgan fingerprint density at radius 2 is 1.95 bits per heavy atom. The molecule has 0 fully saturated rings. The number of benzene rings is 2. The van der Waals surface area contributed by atoms with E-state index in [0.717, 1.165) is 16.8 Å². The highest BCUT2D eigenvalue weighted by atomic mass is 79.9. The maximum Gasteiger partial charge on any atom is 0.265 e. The number of carbonyl (C=O) groups excluding carboxylic acids is 1. The molecule has 0 saturated heterocycles. The molecule has 1 amide bonds. The maximum atomic E-state index is 13.0. The zero-order valence-electron chi connectivity index (χ0n) is 12.6. The van der Waals surface area contributed by atoms with Gasteiger partial charge in [0.1, 0.15) is 11.6 Å². The molecule has 1 unspecified atom stereocenters. The van der Waals surface area contributed by atoms with Gasteiger partial charge in [-0.1, -0.05) is 12.1 Å². The van der Waals surface area contributed by atoms with E-state index < -0.39 is 6.10 Å². The minimum atomic E-state index is -0.707. The molecule has 2 aromatic carbocycles. The van der Waals surface area contributed by atoms with E-state index in [1.807, 2.05) is 32.0 Å². The number of halogens is 2. The first kappa shape index (κ1) is 16.5. The second kappa shape index (κ2) is 6.92. The quantitative estimate of drug-likeness (QED) is 0.858. The summed E-state index contributed by atoms with van der Waals surface area (Å²) in [5.41, 5.74) is 2.81. The van der Waals surface area contributed by atoms with E-state index in [4.69, 9.17) is 4.74 Å². The van der Waals surface area contributed by atoms with Crippen molar-refractivity contribution < 1.29 is 13.9 Å². The SMILES string of the molecule is Cc1ccc(C)c(NC(=O)C(C)Oc2ccc(F)cc2Br)c1. The number of aryl methyl sites for hydroxylation is 2. The molecule has 0 radical (unpaired) electrons. The molecule has 0 aliphatic carbocycles. The predicted molar refractivity (Wildman–Crippen MR) is 88.7 cm³/mol. The maximum absolute atomic E-state index is 13.0. The first-order chi connectivity index (χ1) is 10.4. The summed E-state index contributed by atoms with van der Waals surface area (Å²) < 4.78 is 19.1. The van der Waals surface area contributed by atoms with E-state index in [2.05, 4.69) is 21.2 Å². The molecule has 1 atom stereocenters. The minimum Gasteiger partial charge on any atom is -0.480 e. The number of nitrogens with one attached hydrogen (secondary N) is 1. The normalized spacial score (nSPS) is 11.9. The van der Waals surface area contributed by atoms with Crippen molar-refractivity contribution in [3.05, 3.63) is 57.8 Å². The topological polar surface area (TPSA) is 38.3 Å². The first-order valence-corrected chi connectivity index (χ1v) is 7.66. The van der Waals surface area contributed by atoms with Crippen molar-refractivity contribution in [1.29, 1.82) is 0 Å². The standard InChI is InChI=1S/C17H17BrFNO2/c1-10-4-5-11(2)15(8-10)20-17(21)12(3)22-16-7-6-13(19)9-14(16)18/h4-9,12H,1-3H3,(H,20,21). The van der Waals surface area contributed by atoms with Crippen molar-refractivity contribution in [3.8, 4) is 5.75 Å². The van der Waals surface area contributed by atoms with Gasteiger partial charge in [-0.3, -0.25) is 4.79 Å². The van der Waals surface area contributed by atoms with Crippen molar-refractivity contribution in [2.45, 2.75) is 26.9 Å². The van der Waals surface area contributed by atoms with Crippen LogP contribution < -0.4 is 10.1 Å². The second-order valence-corrected chi connectivity index (χ2v) is 6.00. The van der Waals surface area contributed by atoms with Crippen LogP contribution in [0, 0.1) is 19.7 Å². The van der Waals surface area contributed by atoms with Gasteiger partial charge in [0.15, 0.2) is 6.10 Å². The van der Waals surface area contributed by atoms with Crippen LogP contribution in [-0.4, -0.2) is 12.0 Å². The Morgan fingerprint density at radius 3 is 2.64 bits per heavy atom. The number of ether oxygens (including phenoxy) is 1. The largest absolute Gasteiger partial charge is 0.480 e. The summed E-state index contributed by atoms with van der Waals surface area (Å²) in [6, 6.07) is 9.92. The highest BCUT2D eigenvalue weighted by Gasteiger charge is 2.17. The van der Waals surface area contributed by atoms with Crippen LogP contribution in [0.3, 0.4) is 0 Å². The zero-order valence-corrected chi connectivity index (χ0v) is 14.2. The van der Waals surface area contributed by atoms with Gasteiger partial charge >= 0.3 is 0 Å². The van der Waals surface area contributed by atoms with Gasteiger partial charge in [-0.15, -0.1) is 0 Å². The average molecular weight is 366 g/mol. The molecule has 0 spiro atoms. The average Bonchev–Trinajstić information content (AvgIpc) is 2.45. The minimum absolute atomic E-state index is 0.259. The van der Waals surface area contributed by atoms with Crippen molar-refractivity contribution in [1.82, 2.24) is 0 Å². The van der Waals surface area contributed by atoms with Gasteiger partial charge in [0, 0.05) is 5.69 Å². The third-order valence-electron chi connectivity index (χ3n) is 3.22. The van der Waals surface area contributed by atoms with Crippen molar-refractivity contribution in [2.24, 2.45) is 0 Å². The van der Waals surface area contributed by atoms with Crippen molar-refractivity contribution in [2.75, 3.05) is 5.32 Å². The van der Waals surface area contributed by atoms with Crippen LogP contribution in [0.5, 0.6) is 5.75 Å². The van der Waals surface area contributed by atoms with Gasteiger partial charge in [0.2, 0.25) is 0 Å². The van der Waals surface area contributed by atoms with Crippen LogP contribution in [0.15, 0.2) is 40.9 Å². The molecular weight excluding hydrogens is 349 g/mol. The number of rotatable bonds is 4. The van der Waals surface area contributed by atoms with E-state index in [1.165, 1.54) is 18.2 Å². The highest BCUT2D eigenvalue weighted by Crippen LogP contribution is 2.26. The van der Waals surface area contributed by atoms with Crippen LogP contribution in [0.4, 0.5) is 10.1 Å². The van der Waals surface area contributed by atoms with Gasteiger partial charge in [0.25, 0.3) is 5.91 Å². The molecule has 0 bridgehead atoms. The summed E-state index contributed by atoms with van der Waals surface area (Å²) in [4.78, 5) is 12.2. The Bertz CT molecular complexity index is 703. The Morgan fingerprint density at radius 1 is 1.23 bits per heavy atom. The van der Waals surface area contributed by atoms with E-state index in [9.17, 15) is 9.18 Å². The van der Waals surface area contributed by atoms with Gasteiger partial charge < -0.3 is 10.1 Å². The summed E-state index contributed by atoms with van der Waals surface area (Å²) in [5, 5.41) is 2.85. The van der Waals surface area contributed by atoms with Crippen LogP contribution in [0.2, 0.25) is 0 Å². The molecule has 22 heavy (non-hydrogen) atoms. The summed E-state index contributed by atoms with van der Waals surface area (Å²) in [6.07, 6.45) is -0.707. The Kier molecular flexibility index (Phi) is 5.19. The van der Waals surface area contributed by atoms with Crippen molar-refractivity contribution >= 4 is 27.5 Å². The molecule has 0 aliphatic heterocycles. The van der Waals surface area contributed by atoms with Gasteiger partial charge in [-0.2, -0.15) is 0 Å². The van der Waals surface area contributed by atoms with E-state index in [1.54, 1.807) is 6.92 Å². The smallest absolute Gasteiger partial charge is 0.265 e. The fourth-order valence-corrected chi connectivity index (χ4v) is 2.36. The fourth-order valence-electron chi connectivity index (χ4n) is 1.92. The lowest BCUT2D eigenvalue weighted by atomic mass is 10.1. The molecule has 0 heterocycles. The van der Waals surface area contributed by atoms with Crippen LogP contribution in [0.1, 0.15) is 18.1 Å². The van der Waals surface area contributed by atoms with Gasteiger partial charge in [-0.05, 0) is 72.1 Å². The van der Waals surface area contributed by atoms with E-state index in [0.29, 0.717) is 10.2 Å². The third kappa shape index (κ3) is 4.07. The molecule has 0 aromatic heterocycles. The molecule has 2 aromatic rings. The lowest BCUT2D eigenvalue weighted by Crippen LogP contribution is -2.30. The zero-order chi connectivity index (χ0) is 16.3. The Labute approximate surface area is 137 Å². The van der Waals surface area contributed by atoms with Gasteiger partial charge in [-0.25, -0.2) is 4.39 Å². The van der Waals surface area contributed by atoms with Crippen molar-refractivity contribution in [3.63, 3.8) is 0 Å². The molecule has 3 nitrogen and oxygen atoms in total. The number of carbonyl (C=O) groups is 1. The molecule has 5 heteroatoms.